The smallest absolute Gasteiger partial charge is 0.107 e. The lowest BCUT2D eigenvalue weighted by atomic mass is 9.85. The van der Waals surface area contributed by atoms with Gasteiger partial charge in [-0.2, -0.15) is 0 Å². The molecule has 0 bridgehead atoms. The van der Waals surface area contributed by atoms with Crippen LogP contribution in [0.3, 0.4) is 0 Å². The maximum atomic E-state index is 4.22. The first kappa shape index (κ1) is 10.3. The molecule has 0 radical (unpaired) electrons. The van der Waals surface area contributed by atoms with Crippen molar-refractivity contribution in [1.29, 1.82) is 0 Å². The van der Waals surface area contributed by atoms with Gasteiger partial charge in [-0.3, -0.25) is 0 Å². The highest BCUT2D eigenvalue weighted by Gasteiger charge is 2.23. The van der Waals surface area contributed by atoms with E-state index in [9.17, 15) is 0 Å². The average molecular weight is 181 g/mol. The Labute approximate surface area is 80.0 Å². The third-order valence-corrected chi connectivity index (χ3v) is 2.35. The van der Waals surface area contributed by atoms with Crippen LogP contribution in [0.5, 0.6) is 0 Å². The third-order valence-electron chi connectivity index (χ3n) is 2.35. The van der Waals surface area contributed by atoms with E-state index in [-0.39, 0.29) is 5.41 Å². The second-order valence-corrected chi connectivity index (χ2v) is 4.45. The van der Waals surface area contributed by atoms with Crippen molar-refractivity contribution in [2.75, 3.05) is 7.05 Å². The van der Waals surface area contributed by atoms with Gasteiger partial charge in [0.15, 0.2) is 0 Å². The predicted octanol–water partition coefficient (Wildman–Crippen LogP) is 1.59. The van der Waals surface area contributed by atoms with E-state index >= 15 is 0 Å². The molecule has 0 aliphatic heterocycles. The summed E-state index contributed by atoms with van der Waals surface area (Å²) in [5.74, 6) is 1.05. The van der Waals surface area contributed by atoms with Crippen molar-refractivity contribution < 1.29 is 0 Å². The number of hydrogen-bond donors (Lipinski definition) is 2. The number of H-pyrrole nitrogens is 1. The molecular weight excluding hydrogens is 162 g/mol. The van der Waals surface area contributed by atoms with Gasteiger partial charge in [0.1, 0.15) is 5.82 Å². The second kappa shape index (κ2) is 3.92. The molecule has 1 heterocycles. The summed E-state index contributed by atoms with van der Waals surface area (Å²) in [4.78, 5) is 7.34. The summed E-state index contributed by atoms with van der Waals surface area (Å²) in [7, 11) is 2.00. The molecule has 0 saturated carbocycles. The topological polar surface area (TPSA) is 40.7 Å². The first-order chi connectivity index (χ1) is 6.04. The molecule has 0 fully saturated rings. The van der Waals surface area contributed by atoms with E-state index in [2.05, 4.69) is 36.1 Å². The van der Waals surface area contributed by atoms with Crippen LogP contribution in [0.25, 0.3) is 0 Å². The molecule has 0 aromatic carbocycles. The fourth-order valence-corrected chi connectivity index (χ4v) is 1.44. The monoisotopic (exact) mass is 181 g/mol. The Hall–Kier alpha value is -0.830. The molecular formula is C10H19N3. The van der Waals surface area contributed by atoms with Crippen LogP contribution in [0.15, 0.2) is 12.4 Å². The van der Waals surface area contributed by atoms with Crippen LogP contribution in [0.1, 0.15) is 26.6 Å². The highest BCUT2D eigenvalue weighted by molar-refractivity contribution is 4.94. The molecule has 2 N–H and O–H groups in total. The van der Waals surface area contributed by atoms with Crippen LogP contribution in [0, 0.1) is 5.41 Å². The van der Waals surface area contributed by atoms with E-state index < -0.39 is 0 Å². The summed E-state index contributed by atoms with van der Waals surface area (Å²) in [6, 6.07) is 0.457. The molecule has 3 heteroatoms. The predicted molar refractivity (Wildman–Crippen MR) is 54.6 cm³/mol. The van der Waals surface area contributed by atoms with Gasteiger partial charge in [0.05, 0.1) is 0 Å². The zero-order valence-corrected chi connectivity index (χ0v) is 8.89. The van der Waals surface area contributed by atoms with Gasteiger partial charge in [0.25, 0.3) is 0 Å². The minimum absolute atomic E-state index is 0.265. The van der Waals surface area contributed by atoms with Crippen LogP contribution >= 0.6 is 0 Å². The van der Waals surface area contributed by atoms with Crippen LogP contribution in [0.4, 0.5) is 0 Å². The minimum Gasteiger partial charge on any atom is -0.349 e. The number of aromatic nitrogens is 2. The fourth-order valence-electron chi connectivity index (χ4n) is 1.44. The summed E-state index contributed by atoms with van der Waals surface area (Å²) < 4.78 is 0. The fraction of sp³-hybridized carbons (Fsp3) is 0.700. The van der Waals surface area contributed by atoms with Crippen molar-refractivity contribution in [3.63, 3.8) is 0 Å². The maximum absolute atomic E-state index is 4.22. The number of aromatic amines is 1. The lowest BCUT2D eigenvalue weighted by Gasteiger charge is -2.29. The lowest BCUT2D eigenvalue weighted by Crippen LogP contribution is -2.40. The molecule has 3 nitrogen and oxygen atoms in total. The number of nitrogens with zero attached hydrogens (tertiary/aromatic N) is 1. The largest absolute Gasteiger partial charge is 0.349 e. The normalized spacial score (nSPS) is 14.5. The molecule has 0 amide bonds. The van der Waals surface area contributed by atoms with E-state index in [1.807, 2.05) is 13.2 Å². The molecule has 0 aliphatic carbocycles. The van der Waals surface area contributed by atoms with Crippen molar-refractivity contribution in [2.24, 2.45) is 5.41 Å². The molecule has 1 atom stereocenters. The molecule has 0 spiro atoms. The maximum Gasteiger partial charge on any atom is 0.107 e. The van der Waals surface area contributed by atoms with E-state index in [0.29, 0.717) is 6.04 Å². The van der Waals surface area contributed by atoms with Crippen molar-refractivity contribution in [3.8, 4) is 0 Å². The van der Waals surface area contributed by atoms with Crippen LogP contribution in [-0.4, -0.2) is 23.1 Å². The van der Waals surface area contributed by atoms with E-state index in [4.69, 9.17) is 0 Å². The number of rotatable bonds is 3. The first-order valence-corrected chi connectivity index (χ1v) is 4.69. The Morgan fingerprint density at radius 2 is 2.23 bits per heavy atom. The van der Waals surface area contributed by atoms with Gasteiger partial charge in [-0.05, 0) is 12.5 Å². The van der Waals surface area contributed by atoms with Gasteiger partial charge in [-0.1, -0.05) is 20.8 Å². The highest BCUT2D eigenvalue weighted by atomic mass is 14.9. The summed E-state index contributed by atoms with van der Waals surface area (Å²) in [6.45, 7) is 6.70. The first-order valence-electron chi connectivity index (χ1n) is 4.69. The van der Waals surface area contributed by atoms with Gasteiger partial charge in [-0.25, -0.2) is 4.98 Å². The number of imidazole rings is 1. The van der Waals surface area contributed by atoms with Gasteiger partial charge in [0.2, 0.25) is 0 Å². The van der Waals surface area contributed by atoms with E-state index in [1.165, 1.54) is 0 Å². The van der Waals surface area contributed by atoms with Gasteiger partial charge in [0, 0.05) is 24.9 Å². The molecule has 1 rings (SSSR count). The van der Waals surface area contributed by atoms with Crippen molar-refractivity contribution in [1.82, 2.24) is 15.3 Å². The van der Waals surface area contributed by atoms with Crippen molar-refractivity contribution >= 4 is 0 Å². The van der Waals surface area contributed by atoms with Crippen LogP contribution < -0.4 is 5.32 Å². The molecule has 1 aromatic heterocycles. The SMILES string of the molecule is CNC(Cc1ncc[nH]1)C(C)(C)C. The molecule has 13 heavy (non-hydrogen) atoms. The van der Waals surface area contributed by atoms with Crippen LogP contribution in [0.2, 0.25) is 0 Å². The molecule has 74 valence electrons. The molecule has 0 saturated heterocycles. The third kappa shape index (κ3) is 2.84. The number of hydrogen-bond acceptors (Lipinski definition) is 2. The zero-order valence-electron chi connectivity index (χ0n) is 8.89. The molecule has 0 aliphatic rings. The lowest BCUT2D eigenvalue weighted by molar-refractivity contribution is 0.277. The quantitative estimate of drug-likeness (QED) is 0.743. The van der Waals surface area contributed by atoms with E-state index in [0.717, 1.165) is 12.2 Å². The van der Waals surface area contributed by atoms with E-state index in [1.54, 1.807) is 6.20 Å². The summed E-state index contributed by atoms with van der Waals surface area (Å²) in [5.41, 5.74) is 0.265. The van der Waals surface area contributed by atoms with Crippen LogP contribution in [-0.2, 0) is 6.42 Å². The molecule has 1 aromatic rings. The van der Waals surface area contributed by atoms with Gasteiger partial charge in [-0.15, -0.1) is 0 Å². The Morgan fingerprint density at radius 1 is 1.54 bits per heavy atom. The Morgan fingerprint density at radius 3 is 2.62 bits per heavy atom. The summed E-state index contributed by atoms with van der Waals surface area (Å²) in [5, 5.41) is 3.32. The molecule has 1 unspecified atom stereocenters. The van der Waals surface area contributed by atoms with Crippen molar-refractivity contribution in [3.05, 3.63) is 18.2 Å². The minimum atomic E-state index is 0.265. The number of nitrogens with one attached hydrogen (secondary N) is 2. The Bertz CT molecular complexity index is 233. The zero-order chi connectivity index (χ0) is 9.90. The Balaban J connectivity index is 2.60. The average Bonchev–Trinajstić information content (AvgIpc) is 2.49. The summed E-state index contributed by atoms with van der Waals surface area (Å²) in [6.07, 6.45) is 4.61. The second-order valence-electron chi connectivity index (χ2n) is 4.45. The van der Waals surface area contributed by atoms with Gasteiger partial charge >= 0.3 is 0 Å². The van der Waals surface area contributed by atoms with Crippen molar-refractivity contribution in [2.45, 2.75) is 33.2 Å². The Kier molecular flexibility index (Phi) is 3.09. The summed E-state index contributed by atoms with van der Waals surface area (Å²) >= 11 is 0. The van der Waals surface area contributed by atoms with Gasteiger partial charge < -0.3 is 10.3 Å². The highest BCUT2D eigenvalue weighted by Crippen LogP contribution is 2.21. The number of likely N-dealkylation sites (N-methyl/N-ethyl adjacent to an activating group) is 1. The standard InChI is InChI=1S/C10H19N3/c1-10(2,3)8(11-4)7-9-12-5-6-13-9/h5-6,8,11H,7H2,1-4H3,(H,12,13).